The van der Waals surface area contributed by atoms with E-state index in [1.165, 1.54) is 0 Å². The molecule has 0 N–H and O–H groups in total. The van der Waals surface area contributed by atoms with Crippen LogP contribution in [-0.2, 0) is 50.1 Å². The van der Waals surface area contributed by atoms with Crippen LogP contribution in [0.2, 0.25) is 0 Å². The maximum atomic E-state index is 11.3. The molecule has 0 radical (unpaired) electrons. The van der Waals surface area contributed by atoms with E-state index in [9.17, 15) is 4.79 Å². The van der Waals surface area contributed by atoms with Crippen LogP contribution in [0.5, 0.6) is 5.75 Å². The highest BCUT2D eigenvalue weighted by Crippen LogP contribution is 2.32. The van der Waals surface area contributed by atoms with Gasteiger partial charge in [0.15, 0.2) is 0 Å². The van der Waals surface area contributed by atoms with Gasteiger partial charge in [-0.15, -0.1) is 0 Å². The van der Waals surface area contributed by atoms with Gasteiger partial charge in [0.25, 0.3) is 0 Å². The Bertz CT molecular complexity index is 1630. The Labute approximate surface area is 282 Å². The van der Waals surface area contributed by atoms with Crippen molar-refractivity contribution in [3.05, 3.63) is 173 Å². The molecule has 5 aromatic carbocycles. The van der Waals surface area contributed by atoms with Crippen LogP contribution in [0.1, 0.15) is 32.6 Å². The SMILES string of the molecule is O=Cc1ccc(O[C@@H]2O[C@H](COCc3ccccc3)[C@@H](OCc3ccccc3)[C@@H](OCc3ccccc3)[C@H]2OCc2ccccc2)cc1. The van der Waals surface area contributed by atoms with E-state index >= 15 is 0 Å². The molecule has 246 valence electrons. The normalized spacial score (nSPS) is 20.6. The molecule has 5 atom stereocenters. The van der Waals surface area contributed by atoms with E-state index in [1.54, 1.807) is 24.3 Å². The molecule has 1 heterocycles. The van der Waals surface area contributed by atoms with Gasteiger partial charge in [-0.25, -0.2) is 0 Å². The van der Waals surface area contributed by atoms with E-state index in [4.69, 9.17) is 28.4 Å². The lowest BCUT2D eigenvalue weighted by Crippen LogP contribution is -2.62. The second-order valence-corrected chi connectivity index (χ2v) is 11.6. The van der Waals surface area contributed by atoms with Gasteiger partial charge in [0.05, 0.1) is 33.0 Å². The van der Waals surface area contributed by atoms with Gasteiger partial charge >= 0.3 is 0 Å². The molecule has 1 aliphatic rings. The van der Waals surface area contributed by atoms with Gasteiger partial charge < -0.3 is 28.4 Å². The minimum absolute atomic E-state index is 0.231. The van der Waals surface area contributed by atoms with Crippen molar-refractivity contribution in [1.29, 1.82) is 0 Å². The van der Waals surface area contributed by atoms with Crippen LogP contribution in [0.15, 0.2) is 146 Å². The van der Waals surface area contributed by atoms with Crippen molar-refractivity contribution in [2.45, 2.75) is 57.1 Å². The number of hydrogen-bond donors (Lipinski definition) is 0. The lowest BCUT2D eigenvalue weighted by atomic mass is 9.97. The van der Waals surface area contributed by atoms with E-state index in [-0.39, 0.29) is 6.61 Å². The molecule has 48 heavy (non-hydrogen) atoms. The van der Waals surface area contributed by atoms with Crippen LogP contribution in [0.4, 0.5) is 0 Å². The monoisotopic (exact) mass is 644 g/mol. The predicted octanol–water partition coefficient (Wildman–Crippen LogP) is 7.58. The van der Waals surface area contributed by atoms with Gasteiger partial charge in [0.2, 0.25) is 6.29 Å². The first-order valence-corrected chi connectivity index (χ1v) is 16.2. The average molecular weight is 645 g/mol. The van der Waals surface area contributed by atoms with Crippen molar-refractivity contribution in [2.24, 2.45) is 0 Å². The van der Waals surface area contributed by atoms with E-state index in [0.717, 1.165) is 28.5 Å². The van der Waals surface area contributed by atoms with Crippen LogP contribution < -0.4 is 4.74 Å². The molecule has 1 fully saturated rings. The van der Waals surface area contributed by atoms with Crippen molar-refractivity contribution in [3.63, 3.8) is 0 Å². The molecule has 0 saturated carbocycles. The average Bonchev–Trinajstić information content (AvgIpc) is 3.15. The number of rotatable bonds is 16. The highest BCUT2D eigenvalue weighted by atomic mass is 16.7. The summed E-state index contributed by atoms with van der Waals surface area (Å²) in [5, 5.41) is 0. The Balaban J connectivity index is 1.32. The third-order valence-corrected chi connectivity index (χ3v) is 8.11. The third kappa shape index (κ3) is 9.47. The molecule has 1 aliphatic heterocycles. The zero-order valence-corrected chi connectivity index (χ0v) is 26.7. The molecule has 0 aromatic heterocycles. The number of benzene rings is 5. The summed E-state index contributed by atoms with van der Waals surface area (Å²) in [6.45, 7) is 1.63. The number of aldehydes is 1. The summed E-state index contributed by atoms with van der Waals surface area (Å²) in [5.41, 5.74) is 4.65. The topological polar surface area (TPSA) is 72.5 Å². The van der Waals surface area contributed by atoms with Gasteiger partial charge in [-0.2, -0.15) is 0 Å². The summed E-state index contributed by atoms with van der Waals surface area (Å²) in [5.74, 6) is 0.535. The van der Waals surface area contributed by atoms with Crippen molar-refractivity contribution < 1.29 is 33.2 Å². The maximum absolute atomic E-state index is 11.3. The zero-order chi connectivity index (χ0) is 32.8. The van der Waals surface area contributed by atoms with Crippen molar-refractivity contribution in [1.82, 2.24) is 0 Å². The first kappa shape index (κ1) is 33.3. The fourth-order valence-corrected chi connectivity index (χ4v) is 5.60. The Morgan fingerprint density at radius 1 is 0.500 bits per heavy atom. The largest absolute Gasteiger partial charge is 0.462 e. The predicted molar refractivity (Wildman–Crippen MR) is 182 cm³/mol. The second-order valence-electron chi connectivity index (χ2n) is 11.6. The molecule has 7 nitrogen and oxygen atoms in total. The quantitative estimate of drug-likeness (QED) is 0.103. The Hall–Kier alpha value is -4.63. The zero-order valence-electron chi connectivity index (χ0n) is 26.7. The smallest absolute Gasteiger partial charge is 0.229 e. The fourth-order valence-electron chi connectivity index (χ4n) is 5.60. The number of ether oxygens (including phenoxy) is 6. The molecule has 0 spiro atoms. The lowest BCUT2D eigenvalue weighted by molar-refractivity contribution is -0.310. The fraction of sp³-hybridized carbons (Fsp3) is 0.244. The highest BCUT2D eigenvalue weighted by molar-refractivity contribution is 5.74. The first-order valence-electron chi connectivity index (χ1n) is 16.2. The van der Waals surface area contributed by atoms with Gasteiger partial charge in [-0.1, -0.05) is 121 Å². The molecule has 0 unspecified atom stereocenters. The summed E-state index contributed by atoms with van der Waals surface area (Å²) in [7, 11) is 0. The Morgan fingerprint density at radius 3 is 1.42 bits per heavy atom. The van der Waals surface area contributed by atoms with Crippen molar-refractivity contribution in [3.8, 4) is 5.75 Å². The Kier molecular flexibility index (Phi) is 12.1. The van der Waals surface area contributed by atoms with Crippen molar-refractivity contribution >= 4 is 6.29 Å². The van der Waals surface area contributed by atoms with Gasteiger partial charge in [-0.05, 0) is 46.5 Å². The second kappa shape index (κ2) is 17.5. The van der Waals surface area contributed by atoms with Gasteiger partial charge in [0, 0.05) is 5.56 Å². The summed E-state index contributed by atoms with van der Waals surface area (Å²) >= 11 is 0. The summed E-state index contributed by atoms with van der Waals surface area (Å²) < 4.78 is 39.6. The molecule has 7 heteroatoms. The van der Waals surface area contributed by atoms with Crippen LogP contribution in [-0.4, -0.2) is 43.6 Å². The standard InChI is InChI=1S/C41H40O7/c42-25-31-21-23-36(24-22-31)47-41-40(46-29-35-19-11-4-12-20-35)39(45-28-34-17-9-3-10-18-34)38(44-27-33-15-7-2-8-16-33)37(48-41)30-43-26-32-13-5-1-6-14-32/h1-25,37-41H,26-30H2/t37-,38-,39-,40-,41-/m1/s1. The van der Waals surface area contributed by atoms with Crippen LogP contribution >= 0.6 is 0 Å². The molecular weight excluding hydrogens is 604 g/mol. The molecule has 0 aliphatic carbocycles. The highest BCUT2D eigenvalue weighted by Gasteiger charge is 2.49. The molecule has 0 bridgehead atoms. The molecule has 0 amide bonds. The summed E-state index contributed by atoms with van der Waals surface area (Å²) in [4.78, 5) is 11.3. The number of carbonyl (C=O) groups is 1. The number of carbonyl (C=O) groups excluding carboxylic acids is 1. The van der Waals surface area contributed by atoms with Gasteiger partial charge in [-0.3, -0.25) is 4.79 Å². The van der Waals surface area contributed by atoms with Crippen LogP contribution in [0, 0.1) is 0 Å². The third-order valence-electron chi connectivity index (χ3n) is 8.11. The minimum Gasteiger partial charge on any atom is -0.462 e. The molecule has 1 saturated heterocycles. The van der Waals surface area contributed by atoms with Crippen LogP contribution in [0.3, 0.4) is 0 Å². The van der Waals surface area contributed by atoms with Crippen molar-refractivity contribution in [2.75, 3.05) is 6.61 Å². The maximum Gasteiger partial charge on any atom is 0.229 e. The van der Waals surface area contributed by atoms with E-state index in [2.05, 4.69) is 0 Å². The molecule has 6 rings (SSSR count). The molecule has 5 aromatic rings. The summed E-state index contributed by atoms with van der Waals surface area (Å²) in [6.07, 6.45) is -2.49. The van der Waals surface area contributed by atoms with E-state index in [0.29, 0.717) is 37.7 Å². The van der Waals surface area contributed by atoms with Gasteiger partial charge in [0.1, 0.15) is 36.5 Å². The number of hydrogen-bond acceptors (Lipinski definition) is 7. The summed E-state index contributed by atoms with van der Waals surface area (Å²) in [6, 6.07) is 46.9. The molecular formula is C41H40O7. The minimum atomic E-state index is -0.876. The Morgan fingerprint density at radius 2 is 0.938 bits per heavy atom. The lowest BCUT2D eigenvalue weighted by Gasteiger charge is -2.45. The van der Waals surface area contributed by atoms with E-state index < -0.39 is 30.7 Å². The van der Waals surface area contributed by atoms with Crippen LogP contribution in [0.25, 0.3) is 0 Å². The van der Waals surface area contributed by atoms with E-state index in [1.807, 2.05) is 121 Å². The first-order chi connectivity index (χ1) is 23.7.